The first-order valence-corrected chi connectivity index (χ1v) is 9.50. The zero-order valence-electron chi connectivity index (χ0n) is 15.5. The fourth-order valence-electron chi connectivity index (χ4n) is 5.48. The van der Waals surface area contributed by atoms with Crippen molar-refractivity contribution in [3.8, 4) is 0 Å². The van der Waals surface area contributed by atoms with Gasteiger partial charge < -0.3 is 20.1 Å². The summed E-state index contributed by atoms with van der Waals surface area (Å²) in [4.78, 5) is 0. The quantitative estimate of drug-likeness (QED) is 0.643. The lowest BCUT2D eigenvalue weighted by Gasteiger charge is -2.44. The number of ether oxygens (including phenoxy) is 1. The van der Waals surface area contributed by atoms with Crippen LogP contribution in [-0.4, -0.2) is 44.8 Å². The maximum Gasteiger partial charge on any atom is 0.0902 e. The molecule has 4 nitrogen and oxygen atoms in total. The molecule has 0 aromatic carbocycles. The molecule has 2 unspecified atom stereocenters. The molecular formula is C20H34O4. The topological polar surface area (TPSA) is 69.9 Å². The van der Waals surface area contributed by atoms with Crippen molar-refractivity contribution in [2.75, 3.05) is 0 Å². The predicted molar refractivity (Wildman–Crippen MR) is 93.4 cm³/mol. The van der Waals surface area contributed by atoms with Gasteiger partial charge >= 0.3 is 0 Å². The van der Waals surface area contributed by atoms with Crippen molar-refractivity contribution in [2.45, 2.75) is 89.3 Å². The van der Waals surface area contributed by atoms with Crippen molar-refractivity contribution in [1.29, 1.82) is 0 Å². The minimum Gasteiger partial charge on any atom is -0.390 e. The summed E-state index contributed by atoms with van der Waals surface area (Å²) in [6, 6.07) is 0. The summed E-state index contributed by atoms with van der Waals surface area (Å²) in [5.74, 6) is 1.44. The van der Waals surface area contributed by atoms with Crippen molar-refractivity contribution in [3.05, 3.63) is 12.2 Å². The van der Waals surface area contributed by atoms with E-state index in [1.165, 1.54) is 5.57 Å². The molecule has 8 atom stereocenters. The first-order chi connectivity index (χ1) is 11.0. The summed E-state index contributed by atoms with van der Waals surface area (Å²) in [7, 11) is 0. The van der Waals surface area contributed by atoms with Crippen LogP contribution in [0.5, 0.6) is 0 Å². The van der Waals surface area contributed by atoms with Crippen LogP contribution in [0.2, 0.25) is 0 Å². The van der Waals surface area contributed by atoms with Crippen LogP contribution >= 0.6 is 0 Å². The van der Waals surface area contributed by atoms with E-state index in [9.17, 15) is 15.3 Å². The van der Waals surface area contributed by atoms with E-state index >= 15 is 0 Å². The lowest BCUT2D eigenvalue weighted by Crippen LogP contribution is -2.50. The van der Waals surface area contributed by atoms with Gasteiger partial charge in [-0.05, 0) is 57.3 Å². The maximum absolute atomic E-state index is 11.2. The number of rotatable bonds is 1. The molecule has 2 saturated heterocycles. The lowest BCUT2D eigenvalue weighted by molar-refractivity contribution is -0.120. The SMILES string of the molecule is C=C1CC[C@H](C(C)C)[C@@H]2C1[C@H]1C[C@](C)(O)C(O)CC[C@@](C)(O)[C@@H]2O1. The molecule has 0 spiro atoms. The second-order valence-electron chi connectivity index (χ2n) is 9.28. The molecule has 0 radical (unpaired) electrons. The molecule has 3 N–H and O–H groups in total. The van der Waals surface area contributed by atoms with Crippen LogP contribution in [0.4, 0.5) is 0 Å². The fraction of sp³-hybridized carbons (Fsp3) is 0.900. The second-order valence-corrected chi connectivity index (χ2v) is 9.28. The molecule has 2 bridgehead atoms. The van der Waals surface area contributed by atoms with Gasteiger partial charge in [0.05, 0.1) is 29.5 Å². The third-order valence-corrected chi connectivity index (χ3v) is 6.98. The van der Waals surface area contributed by atoms with Crippen molar-refractivity contribution in [1.82, 2.24) is 0 Å². The molecule has 1 saturated carbocycles. The fourth-order valence-corrected chi connectivity index (χ4v) is 5.48. The standard InChI is InChI=1S/C20H34O4/c1-11(2)13-7-6-12(3)16-14-10-20(5,23)15(21)8-9-19(4,22)18(24-14)17(13)16/h11,13-18,21-23H,3,6-10H2,1-2,4-5H3/t13-,14-,15?,16?,17-,18-,19-,20+/m1/s1. The largest absolute Gasteiger partial charge is 0.390 e. The Balaban J connectivity index is 2.02. The number of hydrogen-bond donors (Lipinski definition) is 3. The predicted octanol–water partition coefficient (Wildman–Crippen LogP) is 2.66. The second kappa shape index (κ2) is 6.08. The molecule has 1 aliphatic carbocycles. The van der Waals surface area contributed by atoms with E-state index in [4.69, 9.17) is 4.74 Å². The van der Waals surface area contributed by atoms with Crippen molar-refractivity contribution in [2.24, 2.45) is 23.7 Å². The first-order valence-electron chi connectivity index (χ1n) is 9.50. The van der Waals surface area contributed by atoms with E-state index in [1.807, 2.05) is 6.92 Å². The highest BCUT2D eigenvalue weighted by atomic mass is 16.5. The number of aliphatic hydroxyl groups excluding tert-OH is 1. The van der Waals surface area contributed by atoms with E-state index in [2.05, 4.69) is 20.4 Å². The van der Waals surface area contributed by atoms with Crippen LogP contribution in [0.1, 0.15) is 59.8 Å². The molecule has 4 heteroatoms. The zero-order chi connectivity index (χ0) is 17.9. The van der Waals surface area contributed by atoms with E-state index in [0.717, 1.165) is 12.8 Å². The monoisotopic (exact) mass is 338 g/mol. The first kappa shape index (κ1) is 18.4. The molecule has 24 heavy (non-hydrogen) atoms. The molecule has 2 heterocycles. The van der Waals surface area contributed by atoms with Gasteiger partial charge in [0.25, 0.3) is 0 Å². The molecular weight excluding hydrogens is 304 g/mol. The Morgan fingerprint density at radius 2 is 1.83 bits per heavy atom. The number of fused-ring (bicyclic) bond motifs is 5. The number of aliphatic hydroxyl groups is 3. The molecule has 0 amide bonds. The molecule has 2 aliphatic heterocycles. The lowest BCUT2D eigenvalue weighted by atomic mass is 9.60. The molecule has 3 fully saturated rings. The van der Waals surface area contributed by atoms with E-state index in [1.54, 1.807) is 6.92 Å². The van der Waals surface area contributed by atoms with E-state index < -0.39 is 17.3 Å². The zero-order valence-corrected chi connectivity index (χ0v) is 15.5. The Morgan fingerprint density at radius 3 is 2.46 bits per heavy atom. The molecule has 0 aromatic heterocycles. The van der Waals surface area contributed by atoms with Crippen molar-refractivity contribution < 1.29 is 20.1 Å². The normalized spacial score (nSPS) is 52.6. The molecule has 3 rings (SSSR count). The van der Waals surface area contributed by atoms with Crippen LogP contribution in [0.3, 0.4) is 0 Å². The summed E-state index contributed by atoms with van der Waals surface area (Å²) in [6.45, 7) is 12.3. The van der Waals surface area contributed by atoms with E-state index in [-0.39, 0.29) is 24.0 Å². The number of hydrogen-bond acceptors (Lipinski definition) is 4. The Labute approximate surface area is 145 Å². The summed E-state index contributed by atoms with van der Waals surface area (Å²) >= 11 is 0. The van der Waals surface area contributed by atoms with Crippen LogP contribution < -0.4 is 0 Å². The Bertz CT molecular complexity index is 496. The van der Waals surface area contributed by atoms with Gasteiger partial charge in [-0.15, -0.1) is 0 Å². The Morgan fingerprint density at radius 1 is 1.17 bits per heavy atom. The van der Waals surface area contributed by atoms with Gasteiger partial charge in [0.2, 0.25) is 0 Å². The minimum atomic E-state index is -1.20. The summed E-state index contributed by atoms with van der Waals surface area (Å²) in [5.41, 5.74) is -1.01. The third-order valence-electron chi connectivity index (χ3n) is 6.98. The maximum atomic E-state index is 11.2. The van der Waals surface area contributed by atoms with Gasteiger partial charge in [-0.3, -0.25) is 0 Å². The highest BCUT2D eigenvalue weighted by Crippen LogP contribution is 2.55. The highest BCUT2D eigenvalue weighted by Gasteiger charge is 2.58. The summed E-state index contributed by atoms with van der Waals surface area (Å²) < 4.78 is 6.40. The summed E-state index contributed by atoms with van der Waals surface area (Å²) in [5, 5.41) is 32.3. The smallest absolute Gasteiger partial charge is 0.0902 e. The van der Waals surface area contributed by atoms with Gasteiger partial charge in [-0.25, -0.2) is 0 Å². The third kappa shape index (κ3) is 2.96. The Kier molecular flexibility index (Phi) is 4.66. The van der Waals surface area contributed by atoms with Crippen molar-refractivity contribution >= 4 is 0 Å². The minimum absolute atomic E-state index is 0.166. The van der Waals surface area contributed by atoms with Crippen LogP contribution in [0.25, 0.3) is 0 Å². The van der Waals surface area contributed by atoms with Gasteiger partial charge in [-0.2, -0.15) is 0 Å². The average molecular weight is 338 g/mol. The Hall–Kier alpha value is -0.420. The average Bonchev–Trinajstić information content (AvgIpc) is 2.85. The molecule has 138 valence electrons. The highest BCUT2D eigenvalue weighted by molar-refractivity contribution is 5.18. The van der Waals surface area contributed by atoms with Gasteiger partial charge in [0, 0.05) is 12.3 Å². The van der Waals surface area contributed by atoms with E-state index in [0.29, 0.717) is 31.1 Å². The van der Waals surface area contributed by atoms with Gasteiger partial charge in [-0.1, -0.05) is 26.0 Å². The van der Waals surface area contributed by atoms with Crippen LogP contribution in [0, 0.1) is 23.7 Å². The van der Waals surface area contributed by atoms with Gasteiger partial charge in [0.15, 0.2) is 0 Å². The van der Waals surface area contributed by atoms with Crippen LogP contribution in [0.15, 0.2) is 12.2 Å². The molecule has 3 aliphatic rings. The summed E-state index contributed by atoms with van der Waals surface area (Å²) in [6.07, 6.45) is 2.03. The van der Waals surface area contributed by atoms with Gasteiger partial charge in [0.1, 0.15) is 0 Å². The van der Waals surface area contributed by atoms with Crippen LogP contribution in [-0.2, 0) is 4.74 Å². The van der Waals surface area contributed by atoms with Crippen molar-refractivity contribution in [3.63, 3.8) is 0 Å². The molecule has 0 aromatic rings.